The number of amides is 2. The summed E-state index contributed by atoms with van der Waals surface area (Å²) in [4.78, 5) is 29.7. The topological polar surface area (TPSA) is 87.9 Å². The Labute approximate surface area is 207 Å². The molecule has 3 N–H and O–H groups in total. The van der Waals surface area contributed by atoms with Gasteiger partial charge in [0.25, 0.3) is 5.91 Å². The lowest BCUT2D eigenvalue weighted by Gasteiger charge is -2.23. The van der Waals surface area contributed by atoms with Gasteiger partial charge < -0.3 is 25.6 Å². The standard InChI is InChI=1S/C28H36N4O3/c1-3-12-31(15-16-35-2)28(34)24-17-23-11-10-22(18-25(23)30-26(29)19-24)20-6-8-21(9-7-20)27(33)32-13-4-5-14-32/h6-11,17-18,26,30H,3-5,12-16,19,29H2,1-2H3. The van der Waals surface area contributed by atoms with Gasteiger partial charge in [-0.2, -0.15) is 0 Å². The number of benzene rings is 2. The first-order valence-electron chi connectivity index (χ1n) is 12.5. The van der Waals surface area contributed by atoms with Crippen molar-refractivity contribution in [3.63, 3.8) is 0 Å². The first-order valence-corrected chi connectivity index (χ1v) is 12.5. The predicted molar refractivity (Wildman–Crippen MR) is 140 cm³/mol. The van der Waals surface area contributed by atoms with E-state index in [2.05, 4.69) is 18.3 Å². The molecule has 7 heteroatoms. The van der Waals surface area contributed by atoms with Crippen LogP contribution in [0.25, 0.3) is 17.2 Å². The van der Waals surface area contributed by atoms with Crippen LogP contribution >= 0.6 is 0 Å². The van der Waals surface area contributed by atoms with E-state index in [9.17, 15) is 9.59 Å². The molecule has 4 rings (SSSR count). The van der Waals surface area contributed by atoms with E-state index in [4.69, 9.17) is 10.5 Å². The number of hydrogen-bond acceptors (Lipinski definition) is 5. The lowest BCUT2D eigenvalue weighted by molar-refractivity contribution is -0.127. The van der Waals surface area contributed by atoms with Crippen LogP contribution in [0.1, 0.15) is 48.5 Å². The van der Waals surface area contributed by atoms with Gasteiger partial charge in [0, 0.05) is 56.5 Å². The molecule has 2 heterocycles. The summed E-state index contributed by atoms with van der Waals surface area (Å²) in [5.41, 5.74) is 11.7. The van der Waals surface area contributed by atoms with Crippen molar-refractivity contribution in [3.05, 3.63) is 59.2 Å². The number of nitrogens with two attached hydrogens (primary N) is 1. The number of anilines is 1. The molecular weight excluding hydrogens is 440 g/mol. The number of carbonyl (C=O) groups is 2. The summed E-state index contributed by atoms with van der Waals surface area (Å²) in [5, 5.41) is 3.37. The number of likely N-dealkylation sites (tertiary alicyclic amines) is 1. The molecule has 2 aromatic rings. The van der Waals surface area contributed by atoms with Crippen LogP contribution in [-0.4, -0.2) is 67.7 Å². The molecule has 35 heavy (non-hydrogen) atoms. The number of ether oxygens (including phenoxy) is 1. The lowest BCUT2D eigenvalue weighted by Crippen LogP contribution is -2.37. The van der Waals surface area contributed by atoms with Crippen LogP contribution in [-0.2, 0) is 9.53 Å². The fourth-order valence-electron chi connectivity index (χ4n) is 4.77. The van der Waals surface area contributed by atoms with Crippen LogP contribution in [0.3, 0.4) is 0 Å². The lowest BCUT2D eigenvalue weighted by atomic mass is 10.00. The minimum absolute atomic E-state index is 0.0105. The Hall–Kier alpha value is -3.16. The zero-order valence-electron chi connectivity index (χ0n) is 20.8. The SMILES string of the molecule is CCCN(CCOC)C(=O)C1=Cc2ccc(-c3ccc(C(=O)N4CCCC4)cc3)cc2NC(N)C1. The van der Waals surface area contributed by atoms with E-state index >= 15 is 0 Å². The fraction of sp³-hybridized carbons (Fsp3) is 0.429. The molecule has 2 aliphatic rings. The van der Waals surface area contributed by atoms with Crippen LogP contribution in [0.2, 0.25) is 0 Å². The summed E-state index contributed by atoms with van der Waals surface area (Å²) in [6.07, 6.45) is 5.08. The van der Waals surface area contributed by atoms with E-state index in [0.29, 0.717) is 31.7 Å². The molecular formula is C28H36N4O3. The smallest absolute Gasteiger partial charge is 0.253 e. The van der Waals surface area contributed by atoms with Crippen molar-refractivity contribution >= 4 is 23.6 Å². The highest BCUT2D eigenvalue weighted by Gasteiger charge is 2.23. The van der Waals surface area contributed by atoms with Crippen molar-refractivity contribution in [2.24, 2.45) is 5.73 Å². The monoisotopic (exact) mass is 476 g/mol. The Kier molecular flexibility index (Phi) is 8.21. The van der Waals surface area contributed by atoms with Crippen LogP contribution < -0.4 is 11.1 Å². The molecule has 1 unspecified atom stereocenters. The van der Waals surface area contributed by atoms with Crippen molar-refractivity contribution in [2.45, 2.75) is 38.8 Å². The molecule has 7 nitrogen and oxygen atoms in total. The quantitative estimate of drug-likeness (QED) is 0.602. The Balaban J connectivity index is 1.55. The molecule has 2 aromatic carbocycles. The van der Waals surface area contributed by atoms with E-state index in [1.54, 1.807) is 7.11 Å². The van der Waals surface area contributed by atoms with Crippen LogP contribution in [0.5, 0.6) is 0 Å². The maximum atomic E-state index is 13.3. The fourth-order valence-corrected chi connectivity index (χ4v) is 4.77. The average molecular weight is 477 g/mol. The highest BCUT2D eigenvalue weighted by Crippen LogP contribution is 2.31. The number of fused-ring (bicyclic) bond motifs is 1. The third-order valence-corrected chi connectivity index (χ3v) is 6.64. The number of carbonyl (C=O) groups excluding carboxylic acids is 2. The highest BCUT2D eigenvalue weighted by atomic mass is 16.5. The first-order chi connectivity index (χ1) is 17.0. The molecule has 1 fully saturated rings. The largest absolute Gasteiger partial charge is 0.383 e. The Morgan fingerprint density at radius 3 is 2.49 bits per heavy atom. The zero-order valence-corrected chi connectivity index (χ0v) is 20.8. The molecule has 1 atom stereocenters. The number of nitrogens with one attached hydrogen (secondary N) is 1. The van der Waals surface area contributed by atoms with E-state index < -0.39 is 0 Å². The third-order valence-electron chi connectivity index (χ3n) is 6.64. The van der Waals surface area contributed by atoms with Crippen LogP contribution in [0, 0.1) is 0 Å². The normalized spacial score (nSPS) is 17.3. The van der Waals surface area contributed by atoms with Crippen LogP contribution in [0.15, 0.2) is 48.0 Å². The molecule has 0 saturated carbocycles. The summed E-state index contributed by atoms with van der Waals surface area (Å²) < 4.78 is 5.19. The molecule has 1 saturated heterocycles. The second-order valence-electron chi connectivity index (χ2n) is 9.29. The van der Waals surface area contributed by atoms with Crippen molar-refractivity contribution < 1.29 is 14.3 Å². The maximum absolute atomic E-state index is 13.3. The molecule has 0 bridgehead atoms. The van der Waals surface area contributed by atoms with E-state index in [1.165, 1.54) is 0 Å². The van der Waals surface area contributed by atoms with Gasteiger partial charge in [-0.3, -0.25) is 9.59 Å². The summed E-state index contributed by atoms with van der Waals surface area (Å²) in [5.74, 6) is 0.116. The summed E-state index contributed by atoms with van der Waals surface area (Å²) in [6.45, 7) is 5.50. The van der Waals surface area contributed by atoms with Gasteiger partial charge in [0.1, 0.15) is 0 Å². The van der Waals surface area contributed by atoms with Gasteiger partial charge in [-0.15, -0.1) is 0 Å². The van der Waals surface area contributed by atoms with Gasteiger partial charge in [0.2, 0.25) is 5.91 Å². The van der Waals surface area contributed by atoms with Crippen LogP contribution in [0.4, 0.5) is 5.69 Å². The van der Waals surface area contributed by atoms with Gasteiger partial charge in [-0.25, -0.2) is 0 Å². The molecule has 186 valence electrons. The first kappa shape index (κ1) is 24.9. The van der Waals surface area contributed by atoms with E-state index in [0.717, 1.165) is 60.3 Å². The number of methoxy groups -OCH3 is 1. The van der Waals surface area contributed by atoms with Gasteiger partial charge in [-0.05, 0) is 60.2 Å². The number of nitrogens with zero attached hydrogens (tertiary/aromatic N) is 2. The van der Waals surface area contributed by atoms with Crippen molar-refractivity contribution in [1.29, 1.82) is 0 Å². The second kappa shape index (κ2) is 11.5. The van der Waals surface area contributed by atoms with Crippen molar-refractivity contribution in [1.82, 2.24) is 9.80 Å². The second-order valence-corrected chi connectivity index (χ2v) is 9.29. The molecule has 2 aliphatic heterocycles. The summed E-state index contributed by atoms with van der Waals surface area (Å²) >= 11 is 0. The van der Waals surface area contributed by atoms with Gasteiger partial charge in [0.15, 0.2) is 0 Å². The number of rotatable bonds is 8. The Bertz CT molecular complexity index is 1070. The van der Waals surface area contributed by atoms with E-state index in [1.807, 2.05) is 52.3 Å². The zero-order chi connectivity index (χ0) is 24.8. The minimum atomic E-state index is -0.368. The minimum Gasteiger partial charge on any atom is -0.383 e. The van der Waals surface area contributed by atoms with Gasteiger partial charge in [0.05, 0.1) is 12.8 Å². The molecule has 0 spiro atoms. The summed E-state index contributed by atoms with van der Waals surface area (Å²) in [7, 11) is 1.64. The molecule has 0 aromatic heterocycles. The van der Waals surface area contributed by atoms with E-state index in [-0.39, 0.29) is 18.0 Å². The molecule has 0 aliphatic carbocycles. The Morgan fingerprint density at radius 2 is 1.80 bits per heavy atom. The molecule has 2 amide bonds. The maximum Gasteiger partial charge on any atom is 0.253 e. The van der Waals surface area contributed by atoms with Gasteiger partial charge in [-0.1, -0.05) is 31.2 Å². The van der Waals surface area contributed by atoms with Crippen molar-refractivity contribution in [2.75, 3.05) is 45.2 Å². The van der Waals surface area contributed by atoms with Gasteiger partial charge >= 0.3 is 0 Å². The van der Waals surface area contributed by atoms with Crippen molar-refractivity contribution in [3.8, 4) is 11.1 Å². The summed E-state index contributed by atoms with van der Waals surface area (Å²) in [6, 6.07) is 13.9. The Morgan fingerprint density at radius 1 is 1.09 bits per heavy atom. The average Bonchev–Trinajstić information content (AvgIpc) is 3.35. The predicted octanol–water partition coefficient (Wildman–Crippen LogP) is 3.96. The molecule has 0 radical (unpaired) electrons. The number of hydrogen-bond donors (Lipinski definition) is 2. The highest BCUT2D eigenvalue weighted by molar-refractivity contribution is 5.99. The third kappa shape index (κ3) is 5.92.